The molecule has 4 rings (SSSR count). The molecule has 0 fully saturated rings. The molecule has 0 aromatic heterocycles. The quantitative estimate of drug-likeness (QED) is 0.651. The number of esters is 1. The summed E-state index contributed by atoms with van der Waals surface area (Å²) in [6.07, 6.45) is -0.601. The topological polar surface area (TPSA) is 102 Å². The molecule has 9 heteroatoms. The Balaban J connectivity index is 2.20. The van der Waals surface area contributed by atoms with Crippen molar-refractivity contribution in [1.29, 1.82) is 0 Å². The summed E-state index contributed by atoms with van der Waals surface area (Å²) in [6, 6.07) is 3.59. The highest BCUT2D eigenvalue weighted by Gasteiger charge is 2.46. The zero-order valence-electron chi connectivity index (χ0n) is 20.4. The van der Waals surface area contributed by atoms with E-state index in [2.05, 4.69) is 0 Å². The molecule has 9 nitrogen and oxygen atoms in total. The van der Waals surface area contributed by atoms with E-state index in [-0.39, 0.29) is 12.7 Å². The molecule has 1 aliphatic heterocycles. The molecular formula is C25H30O9. The fraction of sp³-hybridized carbons (Fsp3) is 0.480. The summed E-state index contributed by atoms with van der Waals surface area (Å²) in [4.78, 5) is 12.2. The summed E-state index contributed by atoms with van der Waals surface area (Å²) in [5.74, 6) is 1.67. The molecule has 2 aromatic carbocycles. The first-order chi connectivity index (χ1) is 16.2. The van der Waals surface area contributed by atoms with Crippen molar-refractivity contribution in [3.63, 3.8) is 0 Å². The number of fused-ring (bicyclic) bond motifs is 4. The van der Waals surface area contributed by atoms with Crippen LogP contribution in [0, 0.1) is 5.92 Å². The van der Waals surface area contributed by atoms with E-state index in [4.69, 9.17) is 33.2 Å². The molecule has 34 heavy (non-hydrogen) atoms. The maximum absolute atomic E-state index is 12.2. The lowest BCUT2D eigenvalue weighted by Gasteiger charge is -2.41. The normalized spacial score (nSPS) is 22.6. The second-order valence-corrected chi connectivity index (χ2v) is 8.61. The van der Waals surface area contributed by atoms with Gasteiger partial charge >= 0.3 is 5.97 Å². The van der Waals surface area contributed by atoms with Crippen LogP contribution in [-0.4, -0.2) is 51.9 Å². The van der Waals surface area contributed by atoms with Crippen LogP contribution in [0.4, 0.5) is 0 Å². The number of rotatable bonds is 5. The van der Waals surface area contributed by atoms with Crippen LogP contribution >= 0.6 is 0 Å². The van der Waals surface area contributed by atoms with Crippen LogP contribution in [0.15, 0.2) is 12.1 Å². The summed E-state index contributed by atoms with van der Waals surface area (Å²) in [7, 11) is 6.07. The summed E-state index contributed by atoms with van der Waals surface area (Å²) < 4.78 is 40.1. The first-order valence-corrected chi connectivity index (χ1v) is 10.9. The molecule has 3 atom stereocenters. The molecule has 0 bridgehead atoms. The molecule has 2 aliphatic rings. The average molecular weight is 475 g/mol. The van der Waals surface area contributed by atoms with Crippen LogP contribution in [0.25, 0.3) is 11.1 Å². The van der Waals surface area contributed by atoms with E-state index in [1.807, 2.05) is 13.0 Å². The third-order valence-corrected chi connectivity index (χ3v) is 6.64. The number of benzene rings is 2. The average Bonchev–Trinajstić information content (AvgIpc) is 3.27. The number of ether oxygens (including phenoxy) is 7. The summed E-state index contributed by atoms with van der Waals surface area (Å²) in [5, 5.41) is 11.7. The van der Waals surface area contributed by atoms with Crippen LogP contribution in [0.5, 0.6) is 34.5 Å². The largest absolute Gasteiger partial charge is 0.493 e. The predicted molar refractivity (Wildman–Crippen MR) is 122 cm³/mol. The summed E-state index contributed by atoms with van der Waals surface area (Å²) in [6.45, 7) is 4.94. The predicted octanol–water partition coefficient (Wildman–Crippen LogP) is 3.66. The van der Waals surface area contributed by atoms with Crippen molar-refractivity contribution in [2.75, 3.05) is 35.2 Å². The Kier molecular flexibility index (Phi) is 6.16. The maximum atomic E-state index is 12.2. The highest BCUT2D eigenvalue weighted by Crippen LogP contribution is 2.59. The monoisotopic (exact) mass is 474 g/mol. The van der Waals surface area contributed by atoms with Gasteiger partial charge in [-0.2, -0.15) is 0 Å². The molecule has 1 heterocycles. The van der Waals surface area contributed by atoms with Gasteiger partial charge in [-0.15, -0.1) is 0 Å². The van der Waals surface area contributed by atoms with Gasteiger partial charge in [-0.1, -0.05) is 6.92 Å². The SMILES string of the molecule is COc1cc2c(c(OC)c1OC)-c1c(cc3c(c1OC)OCO3)C[C@H](C)[C@](C)(O)[C@H]2OC(C)=O. The van der Waals surface area contributed by atoms with E-state index in [9.17, 15) is 9.90 Å². The summed E-state index contributed by atoms with van der Waals surface area (Å²) in [5.41, 5.74) is 1.12. The smallest absolute Gasteiger partial charge is 0.303 e. The van der Waals surface area contributed by atoms with Gasteiger partial charge in [-0.25, -0.2) is 0 Å². The Morgan fingerprint density at radius 2 is 1.68 bits per heavy atom. The zero-order valence-corrected chi connectivity index (χ0v) is 20.4. The van der Waals surface area contributed by atoms with Gasteiger partial charge in [0.1, 0.15) is 5.60 Å². The Hall–Kier alpha value is -3.33. The van der Waals surface area contributed by atoms with Crippen LogP contribution < -0.4 is 28.4 Å². The van der Waals surface area contributed by atoms with E-state index in [1.54, 1.807) is 20.1 Å². The molecule has 0 saturated carbocycles. The van der Waals surface area contributed by atoms with E-state index in [0.717, 1.165) is 5.56 Å². The molecule has 0 saturated heterocycles. The van der Waals surface area contributed by atoms with Crippen molar-refractivity contribution in [1.82, 2.24) is 0 Å². The van der Waals surface area contributed by atoms with E-state index >= 15 is 0 Å². The molecular weight excluding hydrogens is 444 g/mol. The molecule has 0 unspecified atom stereocenters. The highest BCUT2D eigenvalue weighted by atomic mass is 16.7. The standard InChI is InChI=1S/C25H30O9/c1-12-8-14-9-17-21(33-11-32-17)22(30-6)18(14)19-15(24(25(12,3)27)34-13(2)26)10-16(28-4)20(29-5)23(19)31-7/h9-10,12,24,27H,8,11H2,1-7H3/t12-,24-,25-/m0/s1. The lowest BCUT2D eigenvalue weighted by Crippen LogP contribution is -2.43. The van der Waals surface area contributed by atoms with Crippen LogP contribution in [0.1, 0.15) is 38.0 Å². The van der Waals surface area contributed by atoms with Gasteiger partial charge in [-0.3, -0.25) is 4.79 Å². The minimum absolute atomic E-state index is 0.0633. The first-order valence-electron chi connectivity index (χ1n) is 10.9. The molecule has 184 valence electrons. The molecule has 0 spiro atoms. The zero-order chi connectivity index (χ0) is 24.8. The molecule has 0 amide bonds. The van der Waals surface area contributed by atoms with Crippen molar-refractivity contribution in [2.45, 2.75) is 38.9 Å². The molecule has 1 N–H and O–H groups in total. The Labute approximate surface area is 198 Å². The fourth-order valence-electron chi connectivity index (χ4n) is 4.79. The number of aliphatic hydroxyl groups is 1. The van der Waals surface area contributed by atoms with E-state index < -0.39 is 17.7 Å². The van der Waals surface area contributed by atoms with Crippen LogP contribution in [0.3, 0.4) is 0 Å². The van der Waals surface area contributed by atoms with E-state index in [1.165, 1.54) is 28.3 Å². The van der Waals surface area contributed by atoms with E-state index in [0.29, 0.717) is 57.6 Å². The van der Waals surface area contributed by atoms with Gasteiger partial charge in [0.2, 0.25) is 18.3 Å². The summed E-state index contributed by atoms with van der Waals surface area (Å²) >= 11 is 0. The maximum Gasteiger partial charge on any atom is 0.303 e. The fourth-order valence-corrected chi connectivity index (χ4v) is 4.79. The Bertz CT molecular complexity index is 1120. The lowest BCUT2D eigenvalue weighted by atomic mass is 9.73. The number of carbonyl (C=O) groups is 1. The van der Waals surface area contributed by atoms with Crippen molar-refractivity contribution in [2.24, 2.45) is 5.92 Å². The van der Waals surface area contributed by atoms with Gasteiger partial charge in [0.25, 0.3) is 0 Å². The highest BCUT2D eigenvalue weighted by molar-refractivity contribution is 5.89. The van der Waals surface area contributed by atoms with Crippen molar-refractivity contribution >= 4 is 5.97 Å². The minimum Gasteiger partial charge on any atom is -0.493 e. The van der Waals surface area contributed by atoms with Gasteiger partial charge < -0.3 is 38.3 Å². The van der Waals surface area contributed by atoms with Gasteiger partial charge in [0.15, 0.2) is 29.1 Å². The second kappa shape index (κ2) is 8.79. The number of carbonyl (C=O) groups excluding carboxylic acids is 1. The lowest BCUT2D eigenvalue weighted by molar-refractivity contribution is -0.168. The van der Waals surface area contributed by atoms with Crippen LogP contribution in [0.2, 0.25) is 0 Å². The minimum atomic E-state index is -1.44. The Morgan fingerprint density at radius 3 is 2.26 bits per heavy atom. The van der Waals surface area contributed by atoms with Crippen molar-refractivity contribution in [3.05, 3.63) is 23.3 Å². The molecule has 2 aromatic rings. The molecule has 1 aliphatic carbocycles. The number of hydrogen-bond donors (Lipinski definition) is 1. The van der Waals surface area contributed by atoms with Crippen molar-refractivity contribution in [3.8, 4) is 45.6 Å². The third kappa shape index (κ3) is 3.55. The van der Waals surface area contributed by atoms with Gasteiger partial charge in [0.05, 0.1) is 28.4 Å². The Morgan fingerprint density at radius 1 is 1.00 bits per heavy atom. The van der Waals surface area contributed by atoms with Gasteiger partial charge in [0, 0.05) is 23.6 Å². The third-order valence-electron chi connectivity index (χ3n) is 6.64. The number of methoxy groups -OCH3 is 4. The van der Waals surface area contributed by atoms with Crippen molar-refractivity contribution < 1.29 is 43.1 Å². The first kappa shape index (κ1) is 23.8. The number of hydrogen-bond acceptors (Lipinski definition) is 9. The van der Waals surface area contributed by atoms with Gasteiger partial charge in [-0.05, 0) is 37.0 Å². The van der Waals surface area contributed by atoms with Crippen LogP contribution in [-0.2, 0) is 16.0 Å². The molecule has 0 radical (unpaired) electrons. The second-order valence-electron chi connectivity index (χ2n) is 8.61.